The molecule has 0 amide bonds. The fourth-order valence-electron chi connectivity index (χ4n) is 5.62. The van der Waals surface area contributed by atoms with Crippen molar-refractivity contribution < 1.29 is 27.8 Å². The van der Waals surface area contributed by atoms with Gasteiger partial charge >= 0.3 is 0 Å². The monoisotopic (exact) mass is 539 g/mol. The number of phenolic OH excluding ortho intramolecular Hbond substituents is 2. The van der Waals surface area contributed by atoms with Crippen LogP contribution in [0.1, 0.15) is 45.8 Å². The summed E-state index contributed by atoms with van der Waals surface area (Å²) in [4.78, 5) is 16.0. The van der Waals surface area contributed by atoms with Crippen LogP contribution >= 0.6 is 0 Å². The average Bonchev–Trinajstić information content (AvgIpc) is 2.84. The zero-order chi connectivity index (χ0) is 27.6. The van der Waals surface area contributed by atoms with Crippen LogP contribution in [0.15, 0.2) is 60.7 Å². The molecule has 3 N–H and O–H groups in total. The maximum Gasteiger partial charge on any atom is 0.208 e. The van der Waals surface area contributed by atoms with E-state index in [0.717, 1.165) is 6.26 Å². The molecule has 3 aromatic rings. The molecule has 1 unspecified atom stereocenters. The lowest BCUT2D eigenvalue weighted by Gasteiger charge is -2.45. The number of rotatable bonds is 8. The molecule has 38 heavy (non-hydrogen) atoms. The summed E-state index contributed by atoms with van der Waals surface area (Å²) in [6, 6.07) is 18.5. The molecule has 1 heterocycles. The molecule has 201 valence electrons. The van der Waals surface area contributed by atoms with E-state index in [0.29, 0.717) is 35.3 Å². The molecular formula is C29H32FN2O5S. The average molecular weight is 540 g/mol. The second kappa shape index (κ2) is 11.2. The Morgan fingerprint density at radius 1 is 1.16 bits per heavy atom. The third-order valence-electron chi connectivity index (χ3n) is 7.10. The molecule has 1 radical (unpaired) electrons. The molecule has 0 bridgehead atoms. The Bertz CT molecular complexity index is 1430. The number of carbonyl (C=O) groups is 1. The molecular weight excluding hydrogens is 507 g/mol. The van der Waals surface area contributed by atoms with E-state index in [2.05, 4.69) is 10.8 Å². The number of Topliss-reactive ketones (excluding diaryl/α,β-unsaturated/α-hetero) is 1. The summed E-state index contributed by atoms with van der Waals surface area (Å²) in [6.45, 7) is 4.40. The Kier molecular flexibility index (Phi) is 8.20. The van der Waals surface area contributed by atoms with Crippen molar-refractivity contribution in [1.29, 1.82) is 0 Å². The Balaban J connectivity index is 1.85. The number of hydrogen-bond donors (Lipinski definition) is 3. The van der Waals surface area contributed by atoms with Gasteiger partial charge in [-0.25, -0.2) is 17.5 Å². The summed E-state index contributed by atoms with van der Waals surface area (Å²) in [5.41, 5.74) is 1.90. The van der Waals surface area contributed by atoms with Crippen molar-refractivity contribution in [3.8, 4) is 11.5 Å². The minimum Gasteiger partial charge on any atom is -0.508 e. The summed E-state index contributed by atoms with van der Waals surface area (Å²) in [5.74, 6) is -2.30. The van der Waals surface area contributed by atoms with Crippen molar-refractivity contribution in [2.75, 3.05) is 25.9 Å². The summed E-state index contributed by atoms with van der Waals surface area (Å²) in [5, 5.41) is 20.9. The number of sulfonamides is 1. The quantitative estimate of drug-likeness (QED) is 0.374. The molecule has 1 aliphatic heterocycles. The predicted octanol–water partition coefficient (Wildman–Crippen LogP) is 3.97. The molecule has 1 saturated heterocycles. The number of hydrogen-bond acceptors (Lipinski definition) is 6. The van der Waals surface area contributed by atoms with E-state index in [9.17, 15) is 27.8 Å². The molecule has 4 rings (SSSR count). The van der Waals surface area contributed by atoms with Crippen LogP contribution in [0.4, 0.5) is 4.39 Å². The van der Waals surface area contributed by atoms with Crippen LogP contribution in [0, 0.1) is 24.7 Å². The van der Waals surface area contributed by atoms with Crippen LogP contribution < -0.4 is 4.72 Å². The van der Waals surface area contributed by atoms with Gasteiger partial charge in [0.25, 0.3) is 0 Å². The summed E-state index contributed by atoms with van der Waals surface area (Å²) in [7, 11) is -3.45. The second-order valence-electron chi connectivity index (χ2n) is 10.1. The van der Waals surface area contributed by atoms with Crippen LogP contribution in [0.5, 0.6) is 11.5 Å². The number of piperidine rings is 1. The van der Waals surface area contributed by atoms with Crippen LogP contribution in [0.2, 0.25) is 0 Å². The van der Waals surface area contributed by atoms with Gasteiger partial charge in [-0.1, -0.05) is 36.4 Å². The first-order valence-corrected chi connectivity index (χ1v) is 14.3. The first-order valence-electron chi connectivity index (χ1n) is 12.4. The molecule has 0 aliphatic carbocycles. The van der Waals surface area contributed by atoms with Crippen molar-refractivity contribution in [3.63, 3.8) is 0 Å². The van der Waals surface area contributed by atoms with Gasteiger partial charge in [-0.05, 0) is 55.3 Å². The lowest BCUT2D eigenvalue weighted by molar-refractivity contribution is 0.0725. The van der Waals surface area contributed by atoms with Crippen LogP contribution in [-0.4, -0.2) is 61.2 Å². The lowest BCUT2D eigenvalue weighted by Crippen LogP contribution is -2.51. The van der Waals surface area contributed by atoms with Gasteiger partial charge in [-0.3, -0.25) is 4.79 Å². The fourth-order valence-corrected chi connectivity index (χ4v) is 6.43. The van der Waals surface area contributed by atoms with E-state index >= 15 is 0 Å². The summed E-state index contributed by atoms with van der Waals surface area (Å²) >= 11 is 0. The van der Waals surface area contributed by atoms with Gasteiger partial charge in [0.1, 0.15) is 17.3 Å². The van der Waals surface area contributed by atoms with Crippen LogP contribution in [0.25, 0.3) is 0 Å². The van der Waals surface area contributed by atoms with Gasteiger partial charge < -0.3 is 15.1 Å². The molecule has 3 aromatic carbocycles. The van der Waals surface area contributed by atoms with E-state index in [1.54, 1.807) is 50.2 Å². The molecule has 0 saturated carbocycles. The third kappa shape index (κ3) is 6.23. The van der Waals surface area contributed by atoms with Crippen molar-refractivity contribution in [2.45, 2.75) is 31.7 Å². The standard InChI is InChI=1S/C29H32FN2O5S/c1-18(31-38(3,36)37)15-32-16-24(23-10-4-5-13-27(23)34)28(22-11-7-12-26(30)19(22)2)25(17-32)29(35)20-8-6-9-21(33)14-20/h4-9,11-14,18,24-25,28,31,33-34H,15-17H2,1-3H3/t18?,24-,25+,28-/m1/s1. The Morgan fingerprint density at radius 3 is 2.58 bits per heavy atom. The zero-order valence-corrected chi connectivity index (χ0v) is 22.4. The van der Waals surface area contributed by atoms with E-state index in [-0.39, 0.29) is 29.6 Å². The molecule has 0 aromatic heterocycles. The van der Waals surface area contributed by atoms with Gasteiger partial charge in [0.05, 0.1) is 6.26 Å². The predicted molar refractivity (Wildman–Crippen MR) is 143 cm³/mol. The topological polar surface area (TPSA) is 107 Å². The number of nitrogens with one attached hydrogen (secondary N) is 1. The highest BCUT2D eigenvalue weighted by Gasteiger charge is 2.44. The minimum atomic E-state index is -3.45. The highest BCUT2D eigenvalue weighted by Crippen LogP contribution is 2.47. The van der Waals surface area contributed by atoms with E-state index in [1.165, 1.54) is 18.2 Å². The lowest BCUT2D eigenvalue weighted by atomic mass is 9.67. The molecule has 1 fully saturated rings. The van der Waals surface area contributed by atoms with Crippen molar-refractivity contribution in [1.82, 2.24) is 9.62 Å². The van der Waals surface area contributed by atoms with E-state index in [1.807, 2.05) is 11.0 Å². The normalized spacial score (nSPS) is 21.2. The molecule has 4 atom stereocenters. The maximum atomic E-state index is 14.8. The number of benzene rings is 3. The Labute approximate surface area is 223 Å². The number of carbonyl (C=O) groups excluding carboxylic acids is 1. The molecule has 9 heteroatoms. The van der Waals surface area contributed by atoms with Crippen LogP contribution in [-0.2, 0) is 10.0 Å². The Morgan fingerprint density at radius 2 is 1.89 bits per heavy atom. The van der Waals surface area contributed by atoms with Crippen molar-refractivity contribution >= 4 is 15.8 Å². The largest absolute Gasteiger partial charge is 0.508 e. The first-order chi connectivity index (χ1) is 17.9. The number of nitrogens with zero attached hydrogens (tertiary/aromatic N) is 1. The highest BCUT2D eigenvalue weighted by molar-refractivity contribution is 7.88. The Hall–Kier alpha value is -3.27. The number of phenols is 2. The number of halogens is 1. The third-order valence-corrected chi connectivity index (χ3v) is 7.93. The molecule has 1 aliphatic rings. The number of ketones is 1. The van der Waals surface area contributed by atoms with Gasteiger partial charge in [0.2, 0.25) is 10.0 Å². The van der Waals surface area contributed by atoms with Gasteiger partial charge in [0.15, 0.2) is 5.78 Å². The number of likely N-dealkylation sites (tertiary alicyclic amines) is 1. The molecule has 7 nitrogen and oxygen atoms in total. The maximum absolute atomic E-state index is 14.8. The summed E-state index contributed by atoms with van der Waals surface area (Å²) in [6.07, 6.45) is 1.09. The zero-order valence-electron chi connectivity index (χ0n) is 21.6. The summed E-state index contributed by atoms with van der Waals surface area (Å²) < 4.78 is 41.0. The second-order valence-corrected chi connectivity index (χ2v) is 11.9. The smallest absolute Gasteiger partial charge is 0.208 e. The van der Waals surface area contributed by atoms with E-state index < -0.39 is 33.8 Å². The molecule has 0 spiro atoms. The minimum absolute atomic E-state index is 0.0178. The van der Waals surface area contributed by atoms with Gasteiger partial charge in [-0.2, -0.15) is 0 Å². The first kappa shape index (κ1) is 27.8. The number of aromatic hydroxyl groups is 2. The van der Waals surface area contributed by atoms with E-state index in [4.69, 9.17) is 0 Å². The SMILES string of the molecule is Cc1c(F)cccc1[C@H]1[C@@H](C(=O)c2cccc(O)c2)CN(CC(C)NS(C)(=O)=O)C[C@@H]1c1[c]cccc1O. The fraction of sp³-hybridized carbons (Fsp3) is 0.345. The van der Waals surface area contributed by atoms with Gasteiger partial charge in [-0.15, -0.1) is 0 Å². The van der Waals surface area contributed by atoms with Crippen molar-refractivity contribution in [2.24, 2.45) is 5.92 Å². The highest BCUT2D eigenvalue weighted by atomic mass is 32.2. The van der Waals surface area contributed by atoms with Crippen LogP contribution in [0.3, 0.4) is 0 Å². The van der Waals surface area contributed by atoms with Gasteiger partial charge in [0, 0.05) is 54.6 Å². The van der Waals surface area contributed by atoms with Crippen molar-refractivity contribution in [3.05, 3.63) is 94.8 Å².